The molecule has 2 unspecified atom stereocenters. The van der Waals surface area contributed by atoms with Crippen molar-refractivity contribution < 1.29 is 31.7 Å². The minimum Gasteiger partial charge on any atom is -0.464 e. The first-order valence-corrected chi connectivity index (χ1v) is 9.72. The van der Waals surface area contributed by atoms with E-state index in [0.717, 1.165) is 6.26 Å². The van der Waals surface area contributed by atoms with Gasteiger partial charge in [0.25, 0.3) is 10.1 Å². The van der Waals surface area contributed by atoms with E-state index in [9.17, 15) is 18.0 Å². The summed E-state index contributed by atoms with van der Waals surface area (Å²) in [5, 5.41) is 0. The van der Waals surface area contributed by atoms with Crippen LogP contribution in [0.3, 0.4) is 0 Å². The van der Waals surface area contributed by atoms with Crippen LogP contribution in [0.2, 0.25) is 0 Å². The molecule has 0 N–H and O–H groups in total. The molecule has 1 saturated heterocycles. The smallest absolute Gasteiger partial charge is 0.411 e. The van der Waals surface area contributed by atoms with Crippen LogP contribution in [0.1, 0.15) is 40.5 Å². The lowest BCUT2D eigenvalue weighted by molar-refractivity contribution is -0.149. The largest absolute Gasteiger partial charge is 0.464 e. The van der Waals surface area contributed by atoms with Crippen LogP contribution in [0, 0.1) is 5.41 Å². The third-order valence-corrected chi connectivity index (χ3v) is 4.69. The minimum atomic E-state index is -3.59. The second-order valence-electron chi connectivity index (χ2n) is 7.41. The Morgan fingerprint density at radius 3 is 2.38 bits per heavy atom. The average Bonchev–Trinajstić information content (AvgIpc) is 2.99. The molecule has 0 spiro atoms. The molecule has 0 radical (unpaired) electrons. The van der Waals surface area contributed by atoms with Crippen molar-refractivity contribution in [1.82, 2.24) is 4.90 Å². The number of esters is 1. The number of likely N-dealkylation sites (tertiary alicyclic amines) is 1. The number of hydrogen-bond donors (Lipinski definition) is 0. The van der Waals surface area contributed by atoms with Crippen molar-refractivity contribution in [3.8, 4) is 0 Å². The predicted molar refractivity (Wildman–Crippen MR) is 84.7 cm³/mol. The number of nitrogens with zero attached hydrogens (tertiary/aromatic N) is 1. The van der Waals surface area contributed by atoms with E-state index in [1.165, 1.54) is 4.90 Å². The standard InChI is InChI=1S/C15H25NO7S/c1-6-21-12(17)10-7-15(9-22-24(5,19)20)8-11(15)16(10)13(18)23-14(2,3)4/h10-11H,6-9H2,1-5H3/t10-,11?,15?/m0/s1. The van der Waals surface area contributed by atoms with Gasteiger partial charge in [-0.05, 0) is 40.5 Å². The lowest BCUT2D eigenvalue weighted by atomic mass is 10.0. The van der Waals surface area contributed by atoms with Gasteiger partial charge in [-0.1, -0.05) is 0 Å². The van der Waals surface area contributed by atoms with E-state index < -0.39 is 39.2 Å². The summed E-state index contributed by atoms with van der Waals surface area (Å²) in [5.74, 6) is -0.505. The first kappa shape index (κ1) is 19.0. The summed E-state index contributed by atoms with van der Waals surface area (Å²) in [6, 6.07) is -1.05. The highest BCUT2D eigenvalue weighted by atomic mass is 32.2. The number of carbonyl (C=O) groups is 2. The number of ether oxygens (including phenoxy) is 2. The van der Waals surface area contributed by atoms with Crippen molar-refractivity contribution >= 4 is 22.2 Å². The van der Waals surface area contributed by atoms with Gasteiger partial charge in [-0.2, -0.15) is 8.42 Å². The normalized spacial score (nSPS) is 29.1. The Kier molecular flexibility index (Phi) is 4.89. The Labute approximate surface area is 142 Å². The van der Waals surface area contributed by atoms with Crippen LogP contribution < -0.4 is 0 Å². The number of amides is 1. The second kappa shape index (κ2) is 6.18. The van der Waals surface area contributed by atoms with Crippen molar-refractivity contribution in [3.63, 3.8) is 0 Å². The van der Waals surface area contributed by atoms with Gasteiger partial charge in [0, 0.05) is 11.5 Å². The van der Waals surface area contributed by atoms with Gasteiger partial charge in [0.1, 0.15) is 11.6 Å². The zero-order valence-corrected chi connectivity index (χ0v) is 15.5. The monoisotopic (exact) mass is 363 g/mol. The molecule has 1 saturated carbocycles. The molecule has 9 heteroatoms. The predicted octanol–water partition coefficient (Wildman–Crippen LogP) is 1.29. The van der Waals surface area contributed by atoms with Crippen molar-refractivity contribution in [2.75, 3.05) is 19.5 Å². The Balaban J connectivity index is 2.17. The van der Waals surface area contributed by atoms with Crippen LogP contribution in [0.15, 0.2) is 0 Å². The molecule has 0 aromatic heterocycles. The third-order valence-electron chi connectivity index (χ3n) is 4.14. The SMILES string of the molecule is CCOC(=O)[C@@H]1CC2(COS(C)(=O)=O)CC2N1C(=O)OC(C)(C)C. The minimum absolute atomic E-state index is 0.0499. The van der Waals surface area contributed by atoms with Crippen LogP contribution in [0.25, 0.3) is 0 Å². The molecule has 24 heavy (non-hydrogen) atoms. The molecule has 1 aliphatic heterocycles. The summed E-state index contributed by atoms with van der Waals surface area (Å²) in [5.41, 5.74) is -1.23. The summed E-state index contributed by atoms with van der Waals surface area (Å²) in [6.45, 7) is 7.07. The quantitative estimate of drug-likeness (QED) is 0.536. The highest BCUT2D eigenvalue weighted by Gasteiger charge is 2.68. The van der Waals surface area contributed by atoms with Gasteiger partial charge < -0.3 is 9.47 Å². The molecule has 2 aliphatic rings. The zero-order valence-electron chi connectivity index (χ0n) is 14.7. The lowest BCUT2D eigenvalue weighted by Gasteiger charge is -2.29. The number of fused-ring (bicyclic) bond motifs is 1. The van der Waals surface area contributed by atoms with Crippen molar-refractivity contribution in [2.45, 2.75) is 58.2 Å². The molecular formula is C15H25NO7S. The van der Waals surface area contributed by atoms with E-state index in [1.54, 1.807) is 27.7 Å². The molecule has 0 aromatic rings. The van der Waals surface area contributed by atoms with E-state index in [2.05, 4.69) is 0 Å². The van der Waals surface area contributed by atoms with Gasteiger partial charge in [0.2, 0.25) is 0 Å². The number of rotatable bonds is 5. The Hall–Kier alpha value is -1.35. The summed E-state index contributed by atoms with van der Waals surface area (Å²) in [4.78, 5) is 26.1. The molecule has 1 aliphatic carbocycles. The van der Waals surface area contributed by atoms with Crippen LogP contribution in [-0.4, -0.2) is 62.5 Å². The highest BCUT2D eigenvalue weighted by Crippen LogP contribution is 2.60. The van der Waals surface area contributed by atoms with E-state index >= 15 is 0 Å². The molecule has 0 aromatic carbocycles. The maximum atomic E-state index is 12.5. The fourth-order valence-electron chi connectivity index (χ4n) is 3.08. The topological polar surface area (TPSA) is 99.2 Å². The summed E-state index contributed by atoms with van der Waals surface area (Å²) in [7, 11) is -3.59. The first-order chi connectivity index (χ1) is 10.9. The Bertz CT molecular complexity index is 624. The van der Waals surface area contributed by atoms with Crippen LogP contribution in [0.4, 0.5) is 4.79 Å². The fraction of sp³-hybridized carbons (Fsp3) is 0.867. The molecule has 138 valence electrons. The molecular weight excluding hydrogens is 338 g/mol. The molecule has 1 heterocycles. The maximum Gasteiger partial charge on any atom is 0.411 e. The van der Waals surface area contributed by atoms with Crippen molar-refractivity contribution in [1.29, 1.82) is 0 Å². The molecule has 0 bridgehead atoms. The van der Waals surface area contributed by atoms with Gasteiger partial charge in [-0.15, -0.1) is 0 Å². The van der Waals surface area contributed by atoms with Crippen molar-refractivity contribution in [2.24, 2.45) is 5.41 Å². The first-order valence-electron chi connectivity index (χ1n) is 7.91. The average molecular weight is 363 g/mol. The van der Waals surface area contributed by atoms with Crippen molar-refractivity contribution in [3.05, 3.63) is 0 Å². The summed E-state index contributed by atoms with van der Waals surface area (Å²) in [6.07, 6.45) is 1.28. The van der Waals surface area contributed by atoms with E-state index in [-0.39, 0.29) is 19.3 Å². The summed E-state index contributed by atoms with van der Waals surface area (Å²) >= 11 is 0. The number of hydrogen-bond acceptors (Lipinski definition) is 7. The Morgan fingerprint density at radius 1 is 1.25 bits per heavy atom. The van der Waals surface area contributed by atoms with E-state index in [0.29, 0.717) is 12.8 Å². The number of piperidine rings is 1. The molecule has 2 fully saturated rings. The van der Waals surface area contributed by atoms with Gasteiger partial charge in [-0.3, -0.25) is 9.08 Å². The maximum absolute atomic E-state index is 12.5. The fourth-order valence-corrected chi connectivity index (χ4v) is 3.53. The third kappa shape index (κ3) is 4.18. The lowest BCUT2D eigenvalue weighted by Crippen LogP contribution is -2.46. The highest BCUT2D eigenvalue weighted by molar-refractivity contribution is 7.85. The van der Waals surface area contributed by atoms with Gasteiger partial charge in [-0.25, -0.2) is 9.59 Å². The molecule has 2 rings (SSSR count). The molecule has 1 amide bonds. The van der Waals surface area contributed by atoms with Crippen LogP contribution in [0.5, 0.6) is 0 Å². The zero-order chi connectivity index (χ0) is 18.3. The van der Waals surface area contributed by atoms with Gasteiger partial charge in [0.15, 0.2) is 0 Å². The van der Waals surface area contributed by atoms with E-state index in [1.807, 2.05) is 0 Å². The van der Waals surface area contributed by atoms with Gasteiger partial charge >= 0.3 is 12.1 Å². The van der Waals surface area contributed by atoms with Crippen LogP contribution in [-0.2, 0) is 28.6 Å². The number of carbonyl (C=O) groups excluding carboxylic acids is 2. The van der Waals surface area contributed by atoms with Gasteiger partial charge in [0.05, 0.1) is 19.5 Å². The molecule has 3 atom stereocenters. The van der Waals surface area contributed by atoms with Crippen LogP contribution >= 0.6 is 0 Å². The van der Waals surface area contributed by atoms with E-state index in [4.69, 9.17) is 13.7 Å². The Morgan fingerprint density at radius 2 is 1.88 bits per heavy atom. The molecule has 8 nitrogen and oxygen atoms in total. The summed E-state index contributed by atoms with van der Waals surface area (Å²) < 4.78 is 37.9. The second-order valence-corrected chi connectivity index (χ2v) is 9.05.